The lowest BCUT2D eigenvalue weighted by Crippen LogP contribution is -2.38. The summed E-state index contributed by atoms with van der Waals surface area (Å²) in [5.74, 6) is 1.34. The van der Waals surface area contributed by atoms with E-state index in [9.17, 15) is 4.79 Å². The van der Waals surface area contributed by atoms with Crippen LogP contribution in [0.25, 0.3) is 11.3 Å². The maximum absolute atomic E-state index is 12.8. The number of anilines is 1. The van der Waals surface area contributed by atoms with E-state index < -0.39 is 6.17 Å². The highest BCUT2D eigenvalue weighted by Crippen LogP contribution is 2.37. The molecule has 2 aliphatic rings. The van der Waals surface area contributed by atoms with Gasteiger partial charge in [-0.25, -0.2) is 0 Å². The average Bonchev–Trinajstić information content (AvgIpc) is 3.14. The molecule has 3 aromatic carbocycles. The van der Waals surface area contributed by atoms with Crippen LogP contribution in [-0.2, 0) is 6.54 Å². The summed E-state index contributed by atoms with van der Waals surface area (Å²) >= 11 is 0. The molecule has 0 spiro atoms. The minimum Gasteiger partial charge on any atom is -0.490 e. The van der Waals surface area contributed by atoms with E-state index in [2.05, 4.69) is 22.8 Å². The fourth-order valence-electron chi connectivity index (χ4n) is 4.40. The Morgan fingerprint density at radius 2 is 1.71 bits per heavy atom. The van der Waals surface area contributed by atoms with E-state index in [4.69, 9.17) is 14.6 Å². The normalized spacial score (nSPS) is 16.7. The Hall–Kier alpha value is -4.26. The zero-order valence-electron chi connectivity index (χ0n) is 18.5. The number of para-hydroxylation sites is 1. The van der Waals surface area contributed by atoms with Crippen molar-refractivity contribution >= 4 is 11.6 Å². The third kappa shape index (κ3) is 3.85. The van der Waals surface area contributed by atoms with Crippen LogP contribution >= 0.6 is 0 Å². The SMILES string of the molecule is O=C1N[C@H](c2cn(Cc3ccccc3)nc2-c2ccc3c(c2)OCCCO3)Nc2ccccc21. The zero-order valence-corrected chi connectivity index (χ0v) is 18.5. The van der Waals surface area contributed by atoms with Gasteiger partial charge >= 0.3 is 0 Å². The van der Waals surface area contributed by atoms with Gasteiger partial charge in [0.15, 0.2) is 11.5 Å². The lowest BCUT2D eigenvalue weighted by Gasteiger charge is -2.27. The third-order valence-corrected chi connectivity index (χ3v) is 6.06. The number of carbonyl (C=O) groups is 1. The van der Waals surface area contributed by atoms with Gasteiger partial charge in [0.1, 0.15) is 6.17 Å². The predicted octanol–water partition coefficient (Wildman–Crippen LogP) is 4.61. The molecule has 7 nitrogen and oxygen atoms in total. The average molecular weight is 453 g/mol. The van der Waals surface area contributed by atoms with E-state index in [1.807, 2.05) is 71.5 Å². The quantitative estimate of drug-likeness (QED) is 0.473. The predicted molar refractivity (Wildman–Crippen MR) is 129 cm³/mol. The number of fused-ring (bicyclic) bond motifs is 2. The molecule has 6 rings (SSSR count). The van der Waals surface area contributed by atoms with Crippen LogP contribution in [0.1, 0.15) is 34.1 Å². The Morgan fingerprint density at radius 1 is 0.912 bits per heavy atom. The first-order valence-corrected chi connectivity index (χ1v) is 11.4. The summed E-state index contributed by atoms with van der Waals surface area (Å²) in [5, 5.41) is 11.5. The van der Waals surface area contributed by atoms with Crippen molar-refractivity contribution in [3.63, 3.8) is 0 Å². The zero-order chi connectivity index (χ0) is 22.9. The number of amides is 1. The molecule has 0 fully saturated rings. The molecule has 0 saturated carbocycles. The fourth-order valence-corrected chi connectivity index (χ4v) is 4.40. The summed E-state index contributed by atoms with van der Waals surface area (Å²) in [7, 11) is 0. The van der Waals surface area contributed by atoms with Crippen molar-refractivity contribution < 1.29 is 14.3 Å². The number of nitrogens with one attached hydrogen (secondary N) is 2. The van der Waals surface area contributed by atoms with Crippen LogP contribution in [0.5, 0.6) is 11.5 Å². The fraction of sp³-hybridized carbons (Fsp3) is 0.185. The first-order valence-electron chi connectivity index (χ1n) is 11.4. The molecular weight excluding hydrogens is 428 g/mol. The summed E-state index contributed by atoms with van der Waals surface area (Å²) in [6, 6.07) is 23.6. The maximum atomic E-state index is 12.8. The molecule has 3 heterocycles. The monoisotopic (exact) mass is 452 g/mol. The van der Waals surface area contributed by atoms with Gasteiger partial charge in [-0.15, -0.1) is 0 Å². The number of benzene rings is 3. The molecule has 2 N–H and O–H groups in total. The molecule has 2 aliphatic heterocycles. The van der Waals surface area contributed by atoms with Crippen LogP contribution in [0.15, 0.2) is 79.0 Å². The van der Waals surface area contributed by atoms with E-state index in [0.29, 0.717) is 31.1 Å². The molecule has 1 amide bonds. The molecule has 34 heavy (non-hydrogen) atoms. The van der Waals surface area contributed by atoms with Gasteiger partial charge in [-0.2, -0.15) is 5.10 Å². The lowest BCUT2D eigenvalue weighted by atomic mass is 10.0. The summed E-state index contributed by atoms with van der Waals surface area (Å²) in [6.07, 6.45) is 2.42. The maximum Gasteiger partial charge on any atom is 0.255 e. The minimum absolute atomic E-state index is 0.111. The second-order valence-corrected chi connectivity index (χ2v) is 8.42. The van der Waals surface area contributed by atoms with Gasteiger partial charge in [0.2, 0.25) is 0 Å². The second-order valence-electron chi connectivity index (χ2n) is 8.42. The van der Waals surface area contributed by atoms with E-state index in [1.54, 1.807) is 0 Å². The van der Waals surface area contributed by atoms with Gasteiger partial charge in [-0.3, -0.25) is 9.48 Å². The standard InChI is InChI=1S/C27H24N4O3/c32-27-20-9-4-5-10-22(20)28-26(29-27)21-17-31(16-18-7-2-1-3-8-18)30-25(21)19-11-12-23-24(15-19)34-14-6-13-33-23/h1-5,7-12,15,17,26,28H,6,13-14,16H2,(H,29,32)/t26-/m1/s1. The molecule has 1 atom stereocenters. The molecule has 0 unspecified atom stereocenters. The number of hydrogen-bond donors (Lipinski definition) is 2. The topological polar surface area (TPSA) is 77.4 Å². The van der Waals surface area contributed by atoms with Gasteiger partial charge in [0, 0.05) is 29.4 Å². The van der Waals surface area contributed by atoms with Gasteiger partial charge in [-0.1, -0.05) is 42.5 Å². The second kappa shape index (κ2) is 8.59. The van der Waals surface area contributed by atoms with Crippen molar-refractivity contribution in [3.8, 4) is 22.8 Å². The van der Waals surface area contributed by atoms with Gasteiger partial charge in [-0.05, 0) is 35.9 Å². The van der Waals surface area contributed by atoms with Crippen molar-refractivity contribution in [3.05, 3.63) is 95.7 Å². The Labute approximate surface area is 197 Å². The largest absolute Gasteiger partial charge is 0.490 e. The number of rotatable bonds is 4. The molecule has 7 heteroatoms. The highest BCUT2D eigenvalue weighted by molar-refractivity contribution is 6.01. The van der Waals surface area contributed by atoms with E-state index in [-0.39, 0.29) is 5.91 Å². The molecule has 4 aromatic rings. The molecule has 0 bridgehead atoms. The molecule has 0 saturated heterocycles. The number of hydrogen-bond acceptors (Lipinski definition) is 5. The summed E-state index contributed by atoms with van der Waals surface area (Å²) in [5.41, 5.74) is 5.15. The third-order valence-electron chi connectivity index (χ3n) is 6.06. The van der Waals surface area contributed by atoms with Gasteiger partial charge < -0.3 is 20.1 Å². The summed E-state index contributed by atoms with van der Waals surface area (Å²) in [6.45, 7) is 1.87. The number of nitrogens with zero attached hydrogens (tertiary/aromatic N) is 2. The number of aromatic nitrogens is 2. The van der Waals surface area contributed by atoms with Crippen LogP contribution in [0, 0.1) is 0 Å². The Balaban J connectivity index is 1.42. The van der Waals surface area contributed by atoms with E-state index >= 15 is 0 Å². The highest BCUT2D eigenvalue weighted by Gasteiger charge is 2.28. The smallest absolute Gasteiger partial charge is 0.255 e. The van der Waals surface area contributed by atoms with Crippen molar-refractivity contribution in [2.24, 2.45) is 0 Å². The lowest BCUT2D eigenvalue weighted by molar-refractivity contribution is 0.0936. The van der Waals surface area contributed by atoms with Crippen LogP contribution in [0.2, 0.25) is 0 Å². The van der Waals surface area contributed by atoms with Crippen LogP contribution < -0.4 is 20.1 Å². The molecule has 1 aromatic heterocycles. The van der Waals surface area contributed by atoms with Crippen molar-refractivity contribution in [1.82, 2.24) is 15.1 Å². The number of ether oxygens (including phenoxy) is 2. The van der Waals surface area contributed by atoms with Crippen LogP contribution in [0.3, 0.4) is 0 Å². The van der Waals surface area contributed by atoms with Gasteiger partial charge in [0.25, 0.3) is 5.91 Å². The first kappa shape index (κ1) is 20.4. The molecule has 0 radical (unpaired) electrons. The summed E-state index contributed by atoms with van der Waals surface area (Å²) in [4.78, 5) is 12.8. The Kier molecular flexibility index (Phi) is 5.14. The van der Waals surface area contributed by atoms with Crippen LogP contribution in [-0.4, -0.2) is 28.9 Å². The molecule has 170 valence electrons. The first-order chi connectivity index (χ1) is 16.7. The highest BCUT2D eigenvalue weighted by atomic mass is 16.5. The Morgan fingerprint density at radius 3 is 2.59 bits per heavy atom. The van der Waals surface area contributed by atoms with Crippen molar-refractivity contribution in [2.75, 3.05) is 18.5 Å². The molecular formula is C27H24N4O3. The Bertz CT molecular complexity index is 1350. The van der Waals surface area contributed by atoms with E-state index in [1.165, 1.54) is 0 Å². The van der Waals surface area contributed by atoms with Crippen molar-refractivity contribution in [1.29, 1.82) is 0 Å². The summed E-state index contributed by atoms with van der Waals surface area (Å²) < 4.78 is 13.6. The number of carbonyl (C=O) groups excluding carboxylic acids is 1. The van der Waals surface area contributed by atoms with Crippen molar-refractivity contribution in [2.45, 2.75) is 19.1 Å². The van der Waals surface area contributed by atoms with Crippen LogP contribution in [0.4, 0.5) is 5.69 Å². The minimum atomic E-state index is -0.419. The molecule has 0 aliphatic carbocycles. The van der Waals surface area contributed by atoms with Gasteiger partial charge in [0.05, 0.1) is 31.0 Å². The van der Waals surface area contributed by atoms with E-state index in [0.717, 1.165) is 40.2 Å².